The average molecular weight is 444 g/mol. The van der Waals surface area contributed by atoms with Crippen LogP contribution in [0.3, 0.4) is 0 Å². The van der Waals surface area contributed by atoms with Crippen molar-refractivity contribution in [1.29, 1.82) is 0 Å². The summed E-state index contributed by atoms with van der Waals surface area (Å²) in [5, 5.41) is 9.19. The van der Waals surface area contributed by atoms with Gasteiger partial charge in [0, 0.05) is 50.7 Å². The lowest BCUT2D eigenvalue weighted by molar-refractivity contribution is -0.137. The largest absolute Gasteiger partial charge is 0.497 e. The van der Waals surface area contributed by atoms with E-state index in [1.807, 2.05) is 17.0 Å². The molecule has 0 saturated carbocycles. The van der Waals surface area contributed by atoms with E-state index in [0.29, 0.717) is 36.3 Å². The van der Waals surface area contributed by atoms with Crippen LogP contribution in [0.2, 0.25) is 0 Å². The number of aromatic nitrogens is 1. The van der Waals surface area contributed by atoms with Crippen LogP contribution >= 0.6 is 0 Å². The van der Waals surface area contributed by atoms with Gasteiger partial charge in [-0.25, -0.2) is 9.37 Å². The van der Waals surface area contributed by atoms with Crippen LogP contribution in [0.1, 0.15) is 32.6 Å². The topological polar surface area (TPSA) is 75.1 Å². The molecule has 1 N–H and O–H groups in total. The van der Waals surface area contributed by atoms with Gasteiger partial charge in [-0.3, -0.25) is 4.79 Å². The fraction of sp³-hybridized carbons (Fsp3) is 0.500. The molecule has 0 unspecified atom stereocenters. The van der Waals surface area contributed by atoms with E-state index in [-0.39, 0.29) is 24.4 Å². The zero-order valence-electron chi connectivity index (χ0n) is 18.5. The van der Waals surface area contributed by atoms with Gasteiger partial charge in [-0.15, -0.1) is 0 Å². The van der Waals surface area contributed by atoms with E-state index < -0.39 is 5.97 Å². The number of carboxylic acids is 1. The van der Waals surface area contributed by atoms with Crippen LogP contribution in [-0.4, -0.2) is 54.9 Å². The zero-order valence-corrected chi connectivity index (χ0v) is 18.5. The predicted molar refractivity (Wildman–Crippen MR) is 120 cm³/mol. The molecule has 4 rings (SSSR count). The number of halogens is 1. The number of rotatable bonds is 7. The molecule has 1 aromatic heterocycles. The van der Waals surface area contributed by atoms with Gasteiger partial charge in [0.1, 0.15) is 17.7 Å². The van der Waals surface area contributed by atoms with Crippen LogP contribution < -0.4 is 19.3 Å². The summed E-state index contributed by atoms with van der Waals surface area (Å²) in [6, 6.07) is 8.59. The summed E-state index contributed by atoms with van der Waals surface area (Å²) >= 11 is 0. The Hall–Kier alpha value is -3.03. The van der Waals surface area contributed by atoms with Crippen molar-refractivity contribution in [3.63, 3.8) is 0 Å². The van der Waals surface area contributed by atoms with E-state index in [2.05, 4.69) is 16.8 Å². The van der Waals surface area contributed by atoms with Crippen molar-refractivity contribution in [3.8, 4) is 11.6 Å². The molecule has 3 heterocycles. The van der Waals surface area contributed by atoms with Crippen LogP contribution in [0, 0.1) is 11.7 Å². The molecule has 0 amide bonds. The first-order valence-corrected chi connectivity index (χ1v) is 11.1. The molecule has 2 aliphatic rings. The predicted octanol–water partition coefficient (Wildman–Crippen LogP) is 3.97. The third-order valence-electron chi connectivity index (χ3n) is 6.31. The molecule has 0 spiro atoms. The Labute approximate surface area is 187 Å². The Morgan fingerprint density at radius 3 is 2.69 bits per heavy atom. The second-order valence-electron chi connectivity index (χ2n) is 8.72. The SMILES string of the molecule is COc1ccc(F)c(N2CCC(Oc3ccc(N4C[C@H](C)C[C@@H]4CC(=O)O)cn3)CC2)c1. The number of anilines is 2. The summed E-state index contributed by atoms with van der Waals surface area (Å²) in [6.45, 7) is 4.35. The summed E-state index contributed by atoms with van der Waals surface area (Å²) in [7, 11) is 1.58. The minimum Gasteiger partial charge on any atom is -0.497 e. The van der Waals surface area contributed by atoms with Gasteiger partial charge in [0.25, 0.3) is 0 Å². The number of hydrogen-bond acceptors (Lipinski definition) is 6. The number of pyridine rings is 1. The number of benzene rings is 1. The van der Waals surface area contributed by atoms with Crippen LogP contribution in [0.4, 0.5) is 15.8 Å². The van der Waals surface area contributed by atoms with Crippen molar-refractivity contribution in [2.75, 3.05) is 36.5 Å². The highest BCUT2D eigenvalue weighted by atomic mass is 19.1. The van der Waals surface area contributed by atoms with Gasteiger partial charge in [0.05, 0.1) is 31.1 Å². The molecule has 172 valence electrons. The Kier molecular flexibility index (Phi) is 6.67. The van der Waals surface area contributed by atoms with Crippen LogP contribution in [0.5, 0.6) is 11.6 Å². The van der Waals surface area contributed by atoms with Gasteiger partial charge in [-0.05, 0) is 30.5 Å². The zero-order chi connectivity index (χ0) is 22.7. The highest BCUT2D eigenvalue weighted by Gasteiger charge is 2.31. The molecule has 0 aliphatic carbocycles. The van der Waals surface area contributed by atoms with Gasteiger partial charge < -0.3 is 24.4 Å². The van der Waals surface area contributed by atoms with E-state index >= 15 is 0 Å². The van der Waals surface area contributed by atoms with Gasteiger partial charge >= 0.3 is 5.97 Å². The molecule has 2 aromatic rings. The number of aliphatic carboxylic acids is 1. The lowest BCUT2D eigenvalue weighted by Crippen LogP contribution is -2.38. The molecular weight excluding hydrogens is 413 g/mol. The van der Waals surface area contributed by atoms with E-state index in [0.717, 1.165) is 31.5 Å². The van der Waals surface area contributed by atoms with Crippen molar-refractivity contribution in [2.24, 2.45) is 5.92 Å². The monoisotopic (exact) mass is 443 g/mol. The molecule has 2 atom stereocenters. The lowest BCUT2D eigenvalue weighted by Gasteiger charge is -2.33. The van der Waals surface area contributed by atoms with Gasteiger partial charge in [0.2, 0.25) is 5.88 Å². The summed E-state index contributed by atoms with van der Waals surface area (Å²) in [4.78, 5) is 19.8. The fourth-order valence-electron chi connectivity index (χ4n) is 4.72. The van der Waals surface area contributed by atoms with Crippen LogP contribution in [0.15, 0.2) is 36.5 Å². The number of methoxy groups -OCH3 is 1. The maximum atomic E-state index is 14.2. The minimum absolute atomic E-state index is 0.00241. The van der Waals surface area contributed by atoms with E-state index in [9.17, 15) is 14.3 Å². The summed E-state index contributed by atoms with van der Waals surface area (Å²) in [6.07, 6.45) is 4.33. The van der Waals surface area contributed by atoms with Crippen molar-refractivity contribution >= 4 is 17.3 Å². The van der Waals surface area contributed by atoms with E-state index in [4.69, 9.17) is 9.47 Å². The number of ether oxygens (including phenoxy) is 2. The third-order valence-corrected chi connectivity index (χ3v) is 6.31. The molecule has 0 bridgehead atoms. The smallest absolute Gasteiger partial charge is 0.305 e. The van der Waals surface area contributed by atoms with E-state index in [1.165, 1.54) is 6.07 Å². The van der Waals surface area contributed by atoms with Crippen molar-refractivity contribution in [2.45, 2.75) is 44.8 Å². The van der Waals surface area contributed by atoms with Crippen LogP contribution in [0.25, 0.3) is 0 Å². The first-order valence-electron chi connectivity index (χ1n) is 11.1. The van der Waals surface area contributed by atoms with Gasteiger partial charge in [-0.2, -0.15) is 0 Å². The number of piperidine rings is 1. The first kappa shape index (κ1) is 22.2. The highest BCUT2D eigenvalue weighted by molar-refractivity contribution is 5.69. The summed E-state index contributed by atoms with van der Waals surface area (Å²) in [5.41, 5.74) is 1.48. The van der Waals surface area contributed by atoms with Gasteiger partial charge in [-0.1, -0.05) is 6.92 Å². The molecule has 0 radical (unpaired) electrons. The molecule has 8 heteroatoms. The molecule has 1 aromatic carbocycles. The van der Waals surface area contributed by atoms with Crippen molar-refractivity contribution < 1.29 is 23.8 Å². The van der Waals surface area contributed by atoms with Gasteiger partial charge in [0.15, 0.2) is 0 Å². The Morgan fingerprint density at radius 1 is 1.25 bits per heavy atom. The van der Waals surface area contributed by atoms with Crippen LogP contribution in [-0.2, 0) is 4.79 Å². The molecular formula is C24H30FN3O4. The molecule has 2 aliphatic heterocycles. The van der Waals surface area contributed by atoms with Crippen molar-refractivity contribution in [3.05, 3.63) is 42.3 Å². The molecule has 2 saturated heterocycles. The maximum Gasteiger partial charge on any atom is 0.305 e. The number of hydrogen-bond donors (Lipinski definition) is 1. The highest BCUT2D eigenvalue weighted by Crippen LogP contribution is 2.32. The fourth-order valence-corrected chi connectivity index (χ4v) is 4.72. The second-order valence-corrected chi connectivity index (χ2v) is 8.72. The number of nitrogens with zero attached hydrogens (tertiary/aromatic N) is 3. The molecule has 2 fully saturated rings. The average Bonchev–Trinajstić information content (AvgIpc) is 3.14. The first-order chi connectivity index (χ1) is 15.4. The van der Waals surface area contributed by atoms with E-state index in [1.54, 1.807) is 25.4 Å². The summed E-state index contributed by atoms with van der Waals surface area (Å²) < 4.78 is 25.5. The molecule has 32 heavy (non-hydrogen) atoms. The Bertz CT molecular complexity index is 931. The second kappa shape index (κ2) is 9.63. The minimum atomic E-state index is -0.776. The normalized spacial score (nSPS) is 21.6. The lowest BCUT2D eigenvalue weighted by atomic mass is 10.1. The number of carboxylic acid groups (broad SMARTS) is 1. The maximum absolute atomic E-state index is 14.2. The third kappa shape index (κ3) is 5.06. The Balaban J connectivity index is 1.33. The summed E-state index contributed by atoms with van der Waals surface area (Å²) in [5.74, 6) is 0.626. The Morgan fingerprint density at radius 2 is 2.03 bits per heavy atom. The van der Waals surface area contributed by atoms with Crippen molar-refractivity contribution in [1.82, 2.24) is 4.98 Å². The number of carbonyl (C=O) groups is 1. The quantitative estimate of drug-likeness (QED) is 0.694. The molecule has 7 nitrogen and oxygen atoms in total. The standard InChI is InChI=1S/C24H30FN3O4/c1-16-11-18(12-24(29)30)28(15-16)17-3-6-23(26-14-17)32-19-7-9-27(10-8-19)22-13-20(31-2)4-5-21(22)25/h3-6,13-14,16,18-19H,7-12,15H2,1-2H3,(H,29,30)/t16-,18-/m1/s1.